The maximum absolute atomic E-state index is 12.2. The second-order valence-corrected chi connectivity index (χ2v) is 6.16. The van der Waals surface area contributed by atoms with Crippen LogP contribution in [0.1, 0.15) is 25.3 Å². The van der Waals surface area contributed by atoms with Gasteiger partial charge in [-0.05, 0) is 48.7 Å². The molecule has 0 atom stereocenters. The number of urea groups is 1. The lowest BCUT2D eigenvalue weighted by molar-refractivity contribution is -0.118. The monoisotopic (exact) mass is 353 g/mol. The van der Waals surface area contributed by atoms with Crippen molar-refractivity contribution in [3.05, 3.63) is 48.0 Å². The summed E-state index contributed by atoms with van der Waals surface area (Å²) in [6.07, 6.45) is 2.32. The van der Waals surface area contributed by atoms with Crippen molar-refractivity contribution < 1.29 is 14.3 Å². The van der Waals surface area contributed by atoms with Crippen LogP contribution in [-0.2, 0) is 11.2 Å². The number of nitrogens with one attached hydrogen (secondary N) is 2. The predicted octanol–water partition coefficient (Wildman–Crippen LogP) is 4.03. The van der Waals surface area contributed by atoms with E-state index < -0.39 is 0 Å². The number of benzene rings is 2. The van der Waals surface area contributed by atoms with Crippen molar-refractivity contribution in [1.29, 1.82) is 0 Å². The lowest BCUT2D eigenvalue weighted by atomic mass is 10.0. The molecule has 1 heterocycles. The summed E-state index contributed by atoms with van der Waals surface area (Å²) >= 11 is 0. The molecule has 0 saturated heterocycles. The fourth-order valence-electron chi connectivity index (χ4n) is 3.12. The van der Waals surface area contributed by atoms with Crippen LogP contribution in [-0.4, -0.2) is 25.6 Å². The normalized spacial score (nSPS) is 12.9. The van der Waals surface area contributed by atoms with Crippen molar-refractivity contribution in [2.24, 2.45) is 0 Å². The number of rotatable bonds is 4. The van der Waals surface area contributed by atoms with Gasteiger partial charge in [0.05, 0.1) is 7.11 Å². The quantitative estimate of drug-likeness (QED) is 0.872. The van der Waals surface area contributed by atoms with Gasteiger partial charge in [0.1, 0.15) is 5.75 Å². The Labute approximate surface area is 153 Å². The van der Waals surface area contributed by atoms with E-state index in [1.165, 1.54) is 0 Å². The van der Waals surface area contributed by atoms with Crippen molar-refractivity contribution in [3.8, 4) is 5.75 Å². The molecule has 3 rings (SSSR count). The average Bonchev–Trinajstić information content (AvgIpc) is 2.66. The van der Waals surface area contributed by atoms with E-state index >= 15 is 0 Å². The number of anilines is 3. The standard InChI is InChI=1S/C20H23N3O3/c1-3-19(24)23-11-5-6-14-12-16(9-10-18(14)23)22-20(25)21-15-7-4-8-17(13-15)26-2/h4,7-10,12-13H,3,5-6,11H2,1-2H3,(H2,21,22,25). The zero-order valence-electron chi connectivity index (χ0n) is 15.0. The zero-order valence-corrected chi connectivity index (χ0v) is 15.0. The molecular weight excluding hydrogens is 330 g/mol. The molecule has 26 heavy (non-hydrogen) atoms. The van der Waals surface area contributed by atoms with Gasteiger partial charge in [0.25, 0.3) is 0 Å². The van der Waals surface area contributed by atoms with Crippen molar-refractivity contribution >= 4 is 29.0 Å². The maximum Gasteiger partial charge on any atom is 0.323 e. The van der Waals surface area contributed by atoms with Crippen LogP contribution in [0.2, 0.25) is 0 Å². The molecule has 6 nitrogen and oxygen atoms in total. The highest BCUT2D eigenvalue weighted by Crippen LogP contribution is 2.30. The molecule has 3 amide bonds. The number of aryl methyl sites for hydroxylation is 1. The van der Waals surface area contributed by atoms with Gasteiger partial charge in [-0.2, -0.15) is 0 Å². The number of carbonyl (C=O) groups is 2. The minimum absolute atomic E-state index is 0.127. The van der Waals surface area contributed by atoms with E-state index in [0.717, 1.165) is 30.6 Å². The molecule has 1 aliphatic heterocycles. The third-order valence-corrected chi connectivity index (χ3v) is 4.39. The second kappa shape index (κ2) is 7.91. The van der Waals surface area contributed by atoms with Crippen molar-refractivity contribution in [2.75, 3.05) is 29.2 Å². The Bertz CT molecular complexity index is 820. The van der Waals surface area contributed by atoms with Gasteiger partial charge in [-0.1, -0.05) is 13.0 Å². The molecule has 2 N–H and O–H groups in total. The Morgan fingerprint density at radius 3 is 2.62 bits per heavy atom. The number of methoxy groups -OCH3 is 1. The largest absolute Gasteiger partial charge is 0.497 e. The number of fused-ring (bicyclic) bond motifs is 1. The number of nitrogens with zero attached hydrogens (tertiary/aromatic N) is 1. The molecule has 0 unspecified atom stereocenters. The summed E-state index contributed by atoms with van der Waals surface area (Å²) in [5.74, 6) is 0.805. The number of ether oxygens (including phenoxy) is 1. The van der Waals surface area contributed by atoms with Crippen LogP contribution < -0.4 is 20.3 Å². The molecule has 0 radical (unpaired) electrons. The van der Waals surface area contributed by atoms with Gasteiger partial charge in [-0.25, -0.2) is 4.79 Å². The maximum atomic E-state index is 12.2. The molecule has 2 aromatic carbocycles. The Hall–Kier alpha value is -3.02. The summed E-state index contributed by atoms with van der Waals surface area (Å²) < 4.78 is 5.15. The number of hydrogen-bond acceptors (Lipinski definition) is 3. The van der Waals surface area contributed by atoms with E-state index in [4.69, 9.17) is 4.74 Å². The Balaban J connectivity index is 1.70. The molecule has 0 saturated carbocycles. The third kappa shape index (κ3) is 3.96. The molecule has 1 aliphatic rings. The van der Waals surface area contributed by atoms with E-state index in [1.54, 1.807) is 19.2 Å². The highest BCUT2D eigenvalue weighted by molar-refractivity contribution is 6.00. The molecule has 6 heteroatoms. The fourth-order valence-corrected chi connectivity index (χ4v) is 3.12. The summed E-state index contributed by atoms with van der Waals surface area (Å²) in [5.41, 5.74) is 3.38. The van der Waals surface area contributed by atoms with E-state index in [2.05, 4.69) is 10.6 Å². The summed E-state index contributed by atoms with van der Waals surface area (Å²) in [7, 11) is 1.58. The minimum Gasteiger partial charge on any atom is -0.497 e. The summed E-state index contributed by atoms with van der Waals surface area (Å²) in [5, 5.41) is 5.63. The molecule has 0 bridgehead atoms. The minimum atomic E-state index is -0.324. The van der Waals surface area contributed by atoms with Crippen LogP contribution in [0.4, 0.5) is 21.9 Å². The Morgan fingerprint density at radius 2 is 1.88 bits per heavy atom. The Morgan fingerprint density at radius 1 is 1.12 bits per heavy atom. The average molecular weight is 353 g/mol. The molecule has 0 aromatic heterocycles. The highest BCUT2D eigenvalue weighted by Gasteiger charge is 2.21. The second-order valence-electron chi connectivity index (χ2n) is 6.16. The van der Waals surface area contributed by atoms with Gasteiger partial charge in [-0.15, -0.1) is 0 Å². The van der Waals surface area contributed by atoms with Crippen LogP contribution in [0, 0.1) is 0 Å². The smallest absolute Gasteiger partial charge is 0.323 e. The van der Waals surface area contributed by atoms with Gasteiger partial charge in [-0.3, -0.25) is 4.79 Å². The SMILES string of the molecule is CCC(=O)N1CCCc2cc(NC(=O)Nc3cccc(OC)c3)ccc21. The predicted molar refractivity (Wildman–Crippen MR) is 103 cm³/mol. The summed E-state index contributed by atoms with van der Waals surface area (Å²) in [6, 6.07) is 12.5. The van der Waals surface area contributed by atoms with Crippen LogP contribution in [0.3, 0.4) is 0 Å². The first-order valence-electron chi connectivity index (χ1n) is 8.76. The summed E-state index contributed by atoms with van der Waals surface area (Å²) in [4.78, 5) is 26.2. The van der Waals surface area contributed by atoms with Gasteiger partial charge < -0.3 is 20.3 Å². The van der Waals surface area contributed by atoms with E-state index in [-0.39, 0.29) is 11.9 Å². The first kappa shape index (κ1) is 17.8. The van der Waals surface area contributed by atoms with Crippen molar-refractivity contribution in [3.63, 3.8) is 0 Å². The third-order valence-electron chi connectivity index (χ3n) is 4.39. The molecule has 0 fully saturated rings. The molecule has 136 valence electrons. The van der Waals surface area contributed by atoms with Gasteiger partial charge in [0.2, 0.25) is 5.91 Å². The van der Waals surface area contributed by atoms with E-state index in [1.807, 2.05) is 42.2 Å². The van der Waals surface area contributed by atoms with E-state index in [0.29, 0.717) is 23.5 Å². The van der Waals surface area contributed by atoms with Gasteiger partial charge >= 0.3 is 6.03 Å². The fraction of sp³-hybridized carbons (Fsp3) is 0.300. The van der Waals surface area contributed by atoms with Gasteiger partial charge in [0.15, 0.2) is 0 Å². The molecular formula is C20H23N3O3. The first-order chi connectivity index (χ1) is 12.6. The van der Waals surface area contributed by atoms with Crippen LogP contribution >= 0.6 is 0 Å². The lowest BCUT2D eigenvalue weighted by Gasteiger charge is -2.29. The molecule has 0 spiro atoms. The number of amides is 3. The van der Waals surface area contributed by atoms with Gasteiger partial charge in [0, 0.05) is 36.1 Å². The first-order valence-corrected chi connectivity index (χ1v) is 8.76. The summed E-state index contributed by atoms with van der Waals surface area (Å²) in [6.45, 7) is 2.62. The van der Waals surface area contributed by atoms with Crippen LogP contribution in [0.25, 0.3) is 0 Å². The Kier molecular flexibility index (Phi) is 5.41. The lowest BCUT2D eigenvalue weighted by Crippen LogP contribution is -2.34. The van der Waals surface area contributed by atoms with E-state index in [9.17, 15) is 9.59 Å². The number of hydrogen-bond donors (Lipinski definition) is 2. The number of carbonyl (C=O) groups excluding carboxylic acids is 2. The highest BCUT2D eigenvalue weighted by atomic mass is 16.5. The zero-order chi connectivity index (χ0) is 18.5. The molecule has 0 aliphatic carbocycles. The topological polar surface area (TPSA) is 70.7 Å². The van der Waals surface area contributed by atoms with Crippen molar-refractivity contribution in [2.45, 2.75) is 26.2 Å². The van der Waals surface area contributed by atoms with Crippen molar-refractivity contribution in [1.82, 2.24) is 0 Å². The van der Waals surface area contributed by atoms with Crippen LogP contribution in [0.5, 0.6) is 5.75 Å². The van der Waals surface area contributed by atoms with Crippen LogP contribution in [0.15, 0.2) is 42.5 Å². The molecule has 2 aromatic rings.